The van der Waals surface area contributed by atoms with Crippen molar-refractivity contribution in [3.63, 3.8) is 0 Å². The van der Waals surface area contributed by atoms with Crippen molar-refractivity contribution in [2.45, 2.75) is 5.33 Å². The first kappa shape index (κ1) is 14.5. The van der Waals surface area contributed by atoms with Crippen LogP contribution in [0.2, 0.25) is 0 Å². The Labute approximate surface area is 152 Å². The molecule has 0 bridgehead atoms. The first-order valence-corrected chi connectivity index (χ1v) is 9.14. The number of aromatic nitrogens is 4. The maximum Gasteiger partial charge on any atom is 0.138 e. The predicted octanol–water partition coefficient (Wildman–Crippen LogP) is 5.22. The number of benzene rings is 2. The lowest BCUT2D eigenvalue weighted by molar-refractivity contribution is 1.33. The first-order valence-electron chi connectivity index (χ1n) is 8.01. The number of imidazole rings is 1. The van der Waals surface area contributed by atoms with Crippen molar-refractivity contribution in [3.05, 3.63) is 66.5 Å². The van der Waals surface area contributed by atoms with Gasteiger partial charge in [0.1, 0.15) is 5.82 Å². The third-order valence-electron chi connectivity index (χ3n) is 4.45. The van der Waals surface area contributed by atoms with Gasteiger partial charge in [0.25, 0.3) is 0 Å². The van der Waals surface area contributed by atoms with Crippen LogP contribution in [0.4, 0.5) is 0 Å². The molecule has 3 aromatic heterocycles. The second-order valence-corrected chi connectivity index (χ2v) is 6.50. The van der Waals surface area contributed by atoms with Gasteiger partial charge in [0.15, 0.2) is 0 Å². The van der Waals surface area contributed by atoms with E-state index in [0.29, 0.717) is 0 Å². The van der Waals surface area contributed by atoms with Crippen molar-refractivity contribution in [2.24, 2.45) is 0 Å². The van der Waals surface area contributed by atoms with E-state index in [9.17, 15) is 0 Å². The van der Waals surface area contributed by atoms with Crippen LogP contribution >= 0.6 is 15.9 Å². The lowest BCUT2D eigenvalue weighted by Gasteiger charge is -2.03. The molecule has 5 aromatic rings. The van der Waals surface area contributed by atoms with Gasteiger partial charge in [0.2, 0.25) is 0 Å². The maximum atomic E-state index is 4.88. The lowest BCUT2D eigenvalue weighted by Crippen LogP contribution is -1.86. The number of nitrogens with zero attached hydrogens (tertiary/aromatic N) is 3. The van der Waals surface area contributed by atoms with Crippen molar-refractivity contribution in [1.29, 1.82) is 0 Å². The summed E-state index contributed by atoms with van der Waals surface area (Å²) in [7, 11) is 0. The Morgan fingerprint density at radius 3 is 2.20 bits per heavy atom. The van der Waals surface area contributed by atoms with E-state index in [0.717, 1.165) is 49.6 Å². The molecule has 5 heteroatoms. The van der Waals surface area contributed by atoms with Crippen LogP contribution in [0.15, 0.2) is 60.9 Å². The minimum atomic E-state index is 0.847. The monoisotopic (exact) mass is 388 g/mol. The van der Waals surface area contributed by atoms with Crippen molar-refractivity contribution < 1.29 is 0 Å². The smallest absolute Gasteiger partial charge is 0.138 e. The number of aromatic amines is 1. The van der Waals surface area contributed by atoms with Gasteiger partial charge >= 0.3 is 0 Å². The number of rotatable bonds is 2. The summed E-state index contributed by atoms with van der Waals surface area (Å²) in [5.74, 6) is 0.859. The molecule has 0 atom stereocenters. The summed E-state index contributed by atoms with van der Waals surface area (Å²) >= 11 is 3.48. The Bertz CT molecular complexity index is 1150. The molecule has 5 rings (SSSR count). The lowest BCUT2D eigenvalue weighted by atomic mass is 10.1. The molecule has 120 valence electrons. The van der Waals surface area contributed by atoms with Gasteiger partial charge < -0.3 is 4.98 Å². The van der Waals surface area contributed by atoms with Gasteiger partial charge in [-0.1, -0.05) is 40.2 Å². The topological polar surface area (TPSA) is 54.5 Å². The van der Waals surface area contributed by atoms with Crippen LogP contribution in [0, 0.1) is 0 Å². The Balaban J connectivity index is 1.86. The number of H-pyrrole nitrogens is 1. The highest BCUT2D eigenvalue weighted by molar-refractivity contribution is 9.08. The van der Waals surface area contributed by atoms with Crippen LogP contribution in [-0.4, -0.2) is 19.9 Å². The van der Waals surface area contributed by atoms with E-state index in [2.05, 4.69) is 67.3 Å². The molecule has 0 aliphatic heterocycles. The highest BCUT2D eigenvalue weighted by atomic mass is 79.9. The van der Waals surface area contributed by atoms with Crippen molar-refractivity contribution in [1.82, 2.24) is 19.9 Å². The highest BCUT2D eigenvalue weighted by Gasteiger charge is 2.14. The third kappa shape index (κ3) is 2.23. The first-order chi connectivity index (χ1) is 12.3. The summed E-state index contributed by atoms with van der Waals surface area (Å²) < 4.78 is 0. The second kappa shape index (κ2) is 5.63. The molecule has 0 saturated heterocycles. The summed E-state index contributed by atoms with van der Waals surface area (Å²) in [6, 6.07) is 16.4. The van der Waals surface area contributed by atoms with Crippen molar-refractivity contribution >= 4 is 48.8 Å². The number of halogens is 1. The van der Waals surface area contributed by atoms with Gasteiger partial charge in [0.05, 0.1) is 22.1 Å². The second-order valence-electron chi connectivity index (χ2n) is 5.94. The van der Waals surface area contributed by atoms with Crippen LogP contribution in [0.1, 0.15) is 5.56 Å². The molecular formula is C20H13BrN4. The molecule has 0 aliphatic carbocycles. The Kier molecular flexibility index (Phi) is 3.28. The molecule has 3 heterocycles. The molecule has 2 aromatic carbocycles. The molecule has 1 N–H and O–H groups in total. The van der Waals surface area contributed by atoms with Crippen LogP contribution in [0.3, 0.4) is 0 Å². The van der Waals surface area contributed by atoms with E-state index in [4.69, 9.17) is 4.98 Å². The van der Waals surface area contributed by atoms with Crippen molar-refractivity contribution in [3.8, 4) is 11.4 Å². The maximum absolute atomic E-state index is 4.88. The molecule has 0 amide bonds. The van der Waals surface area contributed by atoms with E-state index in [-0.39, 0.29) is 0 Å². The Morgan fingerprint density at radius 2 is 1.48 bits per heavy atom. The number of pyridine rings is 2. The Hall–Kier alpha value is -2.79. The van der Waals surface area contributed by atoms with Crippen LogP contribution in [0.5, 0.6) is 0 Å². The minimum Gasteiger partial charge on any atom is -0.337 e. The van der Waals surface area contributed by atoms with Gasteiger partial charge in [-0.25, -0.2) is 4.98 Å². The van der Waals surface area contributed by atoms with E-state index < -0.39 is 0 Å². The fourth-order valence-electron chi connectivity index (χ4n) is 3.23. The fraction of sp³-hybridized carbons (Fsp3) is 0.0500. The molecule has 0 saturated carbocycles. The molecule has 0 fully saturated rings. The number of alkyl halides is 1. The van der Waals surface area contributed by atoms with Crippen LogP contribution < -0.4 is 0 Å². The summed E-state index contributed by atoms with van der Waals surface area (Å²) in [6.45, 7) is 0. The van der Waals surface area contributed by atoms with E-state index in [1.807, 2.05) is 12.1 Å². The molecule has 0 aliphatic rings. The van der Waals surface area contributed by atoms with Gasteiger partial charge in [-0.15, -0.1) is 0 Å². The zero-order valence-electron chi connectivity index (χ0n) is 13.2. The zero-order valence-corrected chi connectivity index (χ0v) is 14.8. The number of hydrogen-bond donors (Lipinski definition) is 1. The van der Waals surface area contributed by atoms with Crippen molar-refractivity contribution in [2.75, 3.05) is 0 Å². The van der Waals surface area contributed by atoms with E-state index in [1.165, 1.54) is 5.56 Å². The van der Waals surface area contributed by atoms with Gasteiger partial charge in [-0.2, -0.15) is 0 Å². The van der Waals surface area contributed by atoms with E-state index >= 15 is 0 Å². The van der Waals surface area contributed by atoms with Crippen LogP contribution in [-0.2, 0) is 5.33 Å². The van der Waals surface area contributed by atoms with Gasteiger partial charge in [-0.05, 0) is 29.8 Å². The molecular weight excluding hydrogens is 376 g/mol. The molecule has 0 spiro atoms. The van der Waals surface area contributed by atoms with E-state index in [1.54, 1.807) is 12.4 Å². The summed E-state index contributed by atoms with van der Waals surface area (Å²) in [5.41, 5.74) is 6.03. The van der Waals surface area contributed by atoms with Gasteiger partial charge in [-0.3, -0.25) is 9.97 Å². The standard InChI is InChI=1S/C20H13BrN4/c21-11-12-5-7-13(8-6-12)20-24-18-14-3-1-9-22-16(14)17-15(19(18)25-20)4-2-10-23-17/h1-10H,11H2,(H,24,25). The molecule has 4 nitrogen and oxygen atoms in total. The average molecular weight is 389 g/mol. The highest BCUT2D eigenvalue weighted by Crippen LogP contribution is 2.33. The minimum absolute atomic E-state index is 0.847. The fourth-order valence-corrected chi connectivity index (χ4v) is 3.61. The number of hydrogen-bond acceptors (Lipinski definition) is 3. The average Bonchev–Trinajstić information content (AvgIpc) is 3.14. The largest absolute Gasteiger partial charge is 0.337 e. The Morgan fingerprint density at radius 1 is 0.800 bits per heavy atom. The number of fused-ring (bicyclic) bond motifs is 6. The predicted molar refractivity (Wildman–Crippen MR) is 105 cm³/mol. The summed E-state index contributed by atoms with van der Waals surface area (Å²) in [5, 5.41) is 2.91. The van der Waals surface area contributed by atoms with Gasteiger partial charge in [0, 0.05) is 34.1 Å². The third-order valence-corrected chi connectivity index (χ3v) is 5.10. The SMILES string of the molecule is BrCc1ccc(-c2nc3c4cccnc4c4ncccc4c3[nH]2)cc1. The summed E-state index contributed by atoms with van der Waals surface area (Å²) in [6.07, 6.45) is 3.60. The molecule has 0 radical (unpaired) electrons. The summed E-state index contributed by atoms with van der Waals surface area (Å²) in [4.78, 5) is 17.5. The normalized spacial score (nSPS) is 11.6. The quantitative estimate of drug-likeness (QED) is 0.333. The zero-order chi connectivity index (χ0) is 16.8. The molecule has 25 heavy (non-hydrogen) atoms. The molecule has 0 unspecified atom stereocenters. The number of nitrogens with one attached hydrogen (secondary N) is 1. The van der Waals surface area contributed by atoms with Crippen LogP contribution in [0.25, 0.3) is 44.2 Å².